The molecular weight excluding hydrogens is 226 g/mol. The molecule has 2 N–H and O–H groups in total. The molecule has 1 atom stereocenters. The molecule has 1 unspecified atom stereocenters. The first-order chi connectivity index (χ1) is 8.66. The summed E-state index contributed by atoms with van der Waals surface area (Å²) in [7, 11) is 4.23. The number of fused-ring (bicyclic) bond motifs is 1. The van der Waals surface area contributed by atoms with Gasteiger partial charge in [0.15, 0.2) is 12.0 Å². The Morgan fingerprint density at radius 1 is 1.44 bits per heavy atom. The van der Waals surface area contributed by atoms with Gasteiger partial charge in [-0.25, -0.2) is 4.98 Å². The first-order valence-electron chi connectivity index (χ1n) is 6.36. The molecule has 0 aliphatic heterocycles. The van der Waals surface area contributed by atoms with Crippen LogP contribution in [0.3, 0.4) is 0 Å². The quantitative estimate of drug-likeness (QED) is 0.897. The van der Waals surface area contributed by atoms with Crippen LogP contribution in [0.1, 0.15) is 24.4 Å². The number of aromatic nitrogens is 1. The lowest BCUT2D eigenvalue weighted by atomic mass is 9.89. The fraction of sp³-hybridized carbons (Fsp3) is 0.500. The highest BCUT2D eigenvalue weighted by Crippen LogP contribution is 2.56. The second-order valence-electron chi connectivity index (χ2n) is 5.51. The number of benzene rings is 1. The van der Waals surface area contributed by atoms with Crippen LogP contribution >= 0.6 is 0 Å². The van der Waals surface area contributed by atoms with Crippen LogP contribution in [0.15, 0.2) is 29.0 Å². The Hall–Kier alpha value is -1.39. The summed E-state index contributed by atoms with van der Waals surface area (Å²) in [5.41, 5.74) is 9.26. The Kier molecular flexibility index (Phi) is 2.64. The van der Waals surface area contributed by atoms with E-state index in [4.69, 9.17) is 10.2 Å². The smallest absolute Gasteiger partial charge is 0.181 e. The predicted octanol–water partition coefficient (Wildman–Crippen LogP) is 2.17. The number of hydrogen-bond acceptors (Lipinski definition) is 4. The van der Waals surface area contributed by atoms with Gasteiger partial charge < -0.3 is 15.1 Å². The van der Waals surface area contributed by atoms with E-state index in [1.165, 1.54) is 24.8 Å². The third-order valence-electron chi connectivity index (χ3n) is 4.07. The zero-order valence-corrected chi connectivity index (χ0v) is 10.9. The van der Waals surface area contributed by atoms with Gasteiger partial charge in [-0.15, -0.1) is 0 Å². The molecule has 96 valence electrons. The summed E-state index contributed by atoms with van der Waals surface area (Å²) in [6.45, 7) is 0.740. The minimum atomic E-state index is 0.247. The van der Waals surface area contributed by atoms with Gasteiger partial charge in [-0.1, -0.05) is 6.07 Å². The maximum absolute atomic E-state index is 5.98. The Labute approximate surface area is 107 Å². The largest absolute Gasteiger partial charge is 0.443 e. The predicted molar refractivity (Wildman–Crippen MR) is 71.2 cm³/mol. The molecule has 1 heterocycles. The minimum Gasteiger partial charge on any atom is -0.443 e. The summed E-state index contributed by atoms with van der Waals surface area (Å²) in [5, 5.41) is 0. The van der Waals surface area contributed by atoms with Gasteiger partial charge in [-0.05, 0) is 51.2 Å². The van der Waals surface area contributed by atoms with E-state index < -0.39 is 0 Å². The number of rotatable bonds is 4. The van der Waals surface area contributed by atoms with Crippen molar-refractivity contribution < 1.29 is 4.42 Å². The second kappa shape index (κ2) is 4.07. The van der Waals surface area contributed by atoms with E-state index in [0.717, 1.165) is 17.6 Å². The van der Waals surface area contributed by atoms with Crippen molar-refractivity contribution in [1.82, 2.24) is 9.88 Å². The summed E-state index contributed by atoms with van der Waals surface area (Å²) in [6, 6.07) is 6.63. The van der Waals surface area contributed by atoms with Gasteiger partial charge in [-0.3, -0.25) is 0 Å². The van der Waals surface area contributed by atoms with Gasteiger partial charge in [-0.2, -0.15) is 0 Å². The molecule has 0 spiro atoms. The van der Waals surface area contributed by atoms with Crippen LogP contribution in [0.25, 0.3) is 11.1 Å². The standard InChI is InChI=1S/C14H19N3O/c1-17(2)13(14(8-15)5-6-14)10-3-4-11-12(7-10)18-9-16-11/h3-4,7,9,13H,5-6,8,15H2,1-2H3. The van der Waals surface area contributed by atoms with Gasteiger partial charge in [0.1, 0.15) is 5.52 Å². The lowest BCUT2D eigenvalue weighted by molar-refractivity contribution is 0.198. The Morgan fingerprint density at radius 2 is 2.22 bits per heavy atom. The topological polar surface area (TPSA) is 55.3 Å². The van der Waals surface area contributed by atoms with Crippen molar-refractivity contribution in [1.29, 1.82) is 0 Å². The highest BCUT2D eigenvalue weighted by molar-refractivity contribution is 5.73. The third-order valence-corrected chi connectivity index (χ3v) is 4.07. The van der Waals surface area contributed by atoms with Gasteiger partial charge in [0.05, 0.1) is 0 Å². The molecule has 1 aliphatic carbocycles. The maximum atomic E-state index is 5.98. The van der Waals surface area contributed by atoms with Gasteiger partial charge in [0.2, 0.25) is 0 Å². The zero-order chi connectivity index (χ0) is 12.8. The van der Waals surface area contributed by atoms with Crippen molar-refractivity contribution >= 4 is 11.1 Å². The van der Waals surface area contributed by atoms with Crippen LogP contribution in [0.2, 0.25) is 0 Å². The molecule has 1 fully saturated rings. The van der Waals surface area contributed by atoms with Gasteiger partial charge in [0, 0.05) is 11.5 Å². The molecule has 4 heteroatoms. The van der Waals surface area contributed by atoms with E-state index in [0.29, 0.717) is 6.04 Å². The van der Waals surface area contributed by atoms with Crippen LogP contribution in [0, 0.1) is 5.41 Å². The van der Waals surface area contributed by atoms with Gasteiger partial charge >= 0.3 is 0 Å². The van der Waals surface area contributed by atoms with Crippen LogP contribution in [-0.4, -0.2) is 30.5 Å². The van der Waals surface area contributed by atoms with E-state index >= 15 is 0 Å². The normalized spacial score (nSPS) is 19.3. The van der Waals surface area contributed by atoms with Crippen molar-refractivity contribution in [2.24, 2.45) is 11.1 Å². The summed E-state index contributed by atoms with van der Waals surface area (Å²) in [6.07, 6.45) is 3.91. The van der Waals surface area contributed by atoms with E-state index in [9.17, 15) is 0 Å². The molecule has 1 saturated carbocycles. The summed E-state index contributed by atoms with van der Waals surface area (Å²) in [5.74, 6) is 0. The zero-order valence-electron chi connectivity index (χ0n) is 10.9. The SMILES string of the molecule is CN(C)C(c1ccc2ncoc2c1)C1(CN)CC1. The first-order valence-corrected chi connectivity index (χ1v) is 6.36. The van der Waals surface area contributed by atoms with Crippen molar-refractivity contribution in [3.63, 3.8) is 0 Å². The van der Waals surface area contributed by atoms with Crippen LogP contribution in [-0.2, 0) is 0 Å². The molecule has 0 amide bonds. The number of nitrogens with two attached hydrogens (primary N) is 1. The molecule has 4 nitrogen and oxygen atoms in total. The van der Waals surface area contributed by atoms with Crippen LogP contribution < -0.4 is 5.73 Å². The van der Waals surface area contributed by atoms with E-state index in [1.54, 1.807) is 0 Å². The average Bonchev–Trinajstić information content (AvgIpc) is 2.99. The molecule has 2 aromatic rings. The molecule has 1 aromatic carbocycles. The highest BCUT2D eigenvalue weighted by Gasteiger charge is 2.49. The van der Waals surface area contributed by atoms with Crippen LogP contribution in [0.5, 0.6) is 0 Å². The first kappa shape index (κ1) is 11.7. The lowest BCUT2D eigenvalue weighted by Crippen LogP contribution is -2.33. The molecule has 0 bridgehead atoms. The average molecular weight is 245 g/mol. The molecule has 0 radical (unpaired) electrons. The van der Waals surface area contributed by atoms with Gasteiger partial charge in [0.25, 0.3) is 0 Å². The van der Waals surface area contributed by atoms with Crippen molar-refractivity contribution in [2.75, 3.05) is 20.6 Å². The van der Waals surface area contributed by atoms with E-state index in [2.05, 4.69) is 36.1 Å². The Morgan fingerprint density at radius 3 is 2.83 bits per heavy atom. The lowest BCUT2D eigenvalue weighted by Gasteiger charge is -2.32. The molecule has 1 aromatic heterocycles. The molecule has 0 saturated heterocycles. The fourth-order valence-electron chi connectivity index (χ4n) is 2.99. The Bertz CT molecular complexity index is 557. The highest BCUT2D eigenvalue weighted by atomic mass is 16.3. The molecule has 18 heavy (non-hydrogen) atoms. The third kappa shape index (κ3) is 1.72. The fourth-order valence-corrected chi connectivity index (χ4v) is 2.99. The number of hydrogen-bond donors (Lipinski definition) is 1. The molecule has 3 rings (SSSR count). The summed E-state index contributed by atoms with van der Waals surface area (Å²) in [4.78, 5) is 6.42. The number of nitrogens with zero attached hydrogens (tertiary/aromatic N) is 2. The number of oxazole rings is 1. The van der Waals surface area contributed by atoms with Crippen molar-refractivity contribution in [3.05, 3.63) is 30.2 Å². The summed E-state index contributed by atoms with van der Waals surface area (Å²) >= 11 is 0. The molecule has 1 aliphatic rings. The van der Waals surface area contributed by atoms with Crippen molar-refractivity contribution in [3.8, 4) is 0 Å². The monoisotopic (exact) mass is 245 g/mol. The second-order valence-corrected chi connectivity index (χ2v) is 5.51. The molecular formula is C14H19N3O. The minimum absolute atomic E-state index is 0.247. The van der Waals surface area contributed by atoms with Crippen LogP contribution in [0.4, 0.5) is 0 Å². The Balaban J connectivity index is 2.04. The summed E-state index contributed by atoms with van der Waals surface area (Å²) < 4.78 is 5.39. The maximum Gasteiger partial charge on any atom is 0.181 e. The van der Waals surface area contributed by atoms with Crippen molar-refractivity contribution in [2.45, 2.75) is 18.9 Å². The van der Waals surface area contributed by atoms with E-state index in [1.807, 2.05) is 6.07 Å². The van der Waals surface area contributed by atoms with E-state index in [-0.39, 0.29) is 5.41 Å².